The molecular weight excluding hydrogens is 462 g/mol. The van der Waals surface area contributed by atoms with Crippen LogP contribution in [0.2, 0.25) is 0 Å². The van der Waals surface area contributed by atoms with Gasteiger partial charge in [0.2, 0.25) is 5.91 Å². The molecule has 0 aliphatic carbocycles. The maximum Gasteiger partial charge on any atom is 0.256 e. The van der Waals surface area contributed by atoms with Crippen LogP contribution in [0, 0.1) is 0 Å². The van der Waals surface area contributed by atoms with Crippen LogP contribution < -0.4 is 5.32 Å². The fraction of sp³-hybridized carbons (Fsp3) is 0.308. The van der Waals surface area contributed by atoms with Crippen molar-refractivity contribution in [2.75, 3.05) is 29.9 Å². The summed E-state index contributed by atoms with van der Waals surface area (Å²) in [5, 5.41) is 8.10. The van der Waals surface area contributed by atoms with Gasteiger partial charge in [-0.25, -0.2) is 9.67 Å². The SMILES string of the molecule is CC(C)n1ncc2c(C(=O)Nc3ccc(CC(=O)N4CCSCC4)cc3)cc(-c3ccco3)nc21. The van der Waals surface area contributed by atoms with E-state index in [2.05, 4.69) is 10.4 Å². The van der Waals surface area contributed by atoms with Crippen LogP contribution in [-0.2, 0) is 11.2 Å². The molecule has 0 radical (unpaired) electrons. The second kappa shape index (κ2) is 9.95. The number of nitrogens with zero attached hydrogens (tertiary/aromatic N) is 4. The highest BCUT2D eigenvalue weighted by atomic mass is 32.2. The molecule has 0 spiro atoms. The van der Waals surface area contributed by atoms with Gasteiger partial charge < -0.3 is 14.6 Å². The third-order valence-corrected chi connectivity index (χ3v) is 6.95. The molecule has 35 heavy (non-hydrogen) atoms. The molecule has 4 aromatic rings. The minimum atomic E-state index is -0.261. The number of amides is 2. The quantitative estimate of drug-likeness (QED) is 0.424. The number of hydrogen-bond donors (Lipinski definition) is 1. The summed E-state index contributed by atoms with van der Waals surface area (Å²) in [5.74, 6) is 2.46. The fourth-order valence-electron chi connectivity index (χ4n) is 4.14. The van der Waals surface area contributed by atoms with Crippen LogP contribution in [0.3, 0.4) is 0 Å². The van der Waals surface area contributed by atoms with Crippen LogP contribution in [0.4, 0.5) is 5.69 Å². The lowest BCUT2D eigenvalue weighted by molar-refractivity contribution is -0.130. The Morgan fingerprint density at radius 1 is 1.14 bits per heavy atom. The molecular formula is C26H27N5O3S. The Balaban J connectivity index is 1.37. The first-order valence-corrected chi connectivity index (χ1v) is 12.8. The molecule has 180 valence electrons. The molecule has 1 fully saturated rings. The molecule has 2 amide bonds. The van der Waals surface area contributed by atoms with Gasteiger partial charge in [0.1, 0.15) is 5.69 Å². The standard InChI is InChI=1S/C26H27N5O3S/c1-17(2)31-25-21(16-27-31)20(15-22(29-25)23-4-3-11-34-23)26(33)28-19-7-5-18(6-8-19)14-24(32)30-9-12-35-13-10-30/h3-8,11,15-17H,9-10,12-14H2,1-2H3,(H,28,33). The van der Waals surface area contributed by atoms with Crippen molar-refractivity contribution in [3.05, 3.63) is 66.1 Å². The second-order valence-electron chi connectivity index (χ2n) is 8.77. The predicted octanol–water partition coefficient (Wildman–Crippen LogP) is 4.64. The third kappa shape index (κ3) is 4.95. The Morgan fingerprint density at radius 2 is 1.91 bits per heavy atom. The molecule has 8 nitrogen and oxygen atoms in total. The van der Waals surface area contributed by atoms with Gasteiger partial charge in [-0.05, 0) is 49.7 Å². The molecule has 3 aromatic heterocycles. The molecule has 0 unspecified atom stereocenters. The van der Waals surface area contributed by atoms with E-state index in [1.807, 2.05) is 60.8 Å². The van der Waals surface area contributed by atoms with Gasteiger partial charge in [0.05, 0.1) is 29.8 Å². The lowest BCUT2D eigenvalue weighted by atomic mass is 10.1. The predicted molar refractivity (Wildman–Crippen MR) is 138 cm³/mol. The Hall–Kier alpha value is -3.59. The number of carbonyl (C=O) groups is 2. The number of anilines is 1. The smallest absolute Gasteiger partial charge is 0.256 e. The zero-order chi connectivity index (χ0) is 24.4. The first-order valence-electron chi connectivity index (χ1n) is 11.7. The summed E-state index contributed by atoms with van der Waals surface area (Å²) in [6.07, 6.45) is 3.62. The third-order valence-electron chi connectivity index (χ3n) is 6.01. The van der Waals surface area contributed by atoms with Gasteiger partial charge in [-0.1, -0.05) is 12.1 Å². The van der Waals surface area contributed by atoms with Crippen LogP contribution in [0.1, 0.15) is 35.8 Å². The van der Waals surface area contributed by atoms with Crippen molar-refractivity contribution in [2.24, 2.45) is 0 Å². The molecule has 0 atom stereocenters. The molecule has 1 aromatic carbocycles. The van der Waals surface area contributed by atoms with Crippen molar-refractivity contribution in [1.29, 1.82) is 0 Å². The number of fused-ring (bicyclic) bond motifs is 1. The number of hydrogen-bond acceptors (Lipinski definition) is 6. The van der Waals surface area contributed by atoms with Crippen LogP contribution in [0.25, 0.3) is 22.5 Å². The van der Waals surface area contributed by atoms with Crippen molar-refractivity contribution in [1.82, 2.24) is 19.7 Å². The number of thioether (sulfide) groups is 1. The average molecular weight is 490 g/mol. The van der Waals surface area contributed by atoms with Crippen molar-refractivity contribution in [3.63, 3.8) is 0 Å². The minimum Gasteiger partial charge on any atom is -0.463 e. The van der Waals surface area contributed by atoms with E-state index in [0.29, 0.717) is 40.2 Å². The summed E-state index contributed by atoms with van der Waals surface area (Å²) in [4.78, 5) is 32.5. The molecule has 1 aliphatic heterocycles. The van der Waals surface area contributed by atoms with Crippen molar-refractivity contribution < 1.29 is 14.0 Å². The van der Waals surface area contributed by atoms with E-state index in [4.69, 9.17) is 9.40 Å². The highest BCUT2D eigenvalue weighted by Crippen LogP contribution is 2.27. The van der Waals surface area contributed by atoms with E-state index < -0.39 is 0 Å². The van der Waals surface area contributed by atoms with Gasteiger partial charge in [-0.2, -0.15) is 16.9 Å². The summed E-state index contributed by atoms with van der Waals surface area (Å²) >= 11 is 1.88. The van der Waals surface area contributed by atoms with E-state index >= 15 is 0 Å². The van der Waals surface area contributed by atoms with Gasteiger partial charge in [-0.15, -0.1) is 0 Å². The lowest BCUT2D eigenvalue weighted by Crippen LogP contribution is -2.38. The van der Waals surface area contributed by atoms with Crippen LogP contribution in [0.15, 0.2) is 59.3 Å². The summed E-state index contributed by atoms with van der Waals surface area (Å²) in [6, 6.07) is 12.9. The highest BCUT2D eigenvalue weighted by molar-refractivity contribution is 7.99. The number of benzene rings is 1. The van der Waals surface area contributed by atoms with Crippen molar-refractivity contribution >= 4 is 40.3 Å². The number of pyridine rings is 1. The van der Waals surface area contributed by atoms with Crippen molar-refractivity contribution in [2.45, 2.75) is 26.3 Å². The van der Waals surface area contributed by atoms with Crippen molar-refractivity contribution in [3.8, 4) is 11.5 Å². The Kier molecular flexibility index (Phi) is 6.59. The van der Waals surface area contributed by atoms with E-state index in [9.17, 15) is 9.59 Å². The van der Waals surface area contributed by atoms with Gasteiger partial charge >= 0.3 is 0 Å². The summed E-state index contributed by atoms with van der Waals surface area (Å²) in [5.41, 5.74) is 3.25. The molecule has 1 saturated heterocycles. The summed E-state index contributed by atoms with van der Waals surface area (Å²) in [6.45, 7) is 5.66. The van der Waals surface area contributed by atoms with Gasteiger partial charge in [0, 0.05) is 36.3 Å². The second-order valence-corrected chi connectivity index (χ2v) is 10.00. The number of nitrogens with one attached hydrogen (secondary N) is 1. The molecule has 1 N–H and O–H groups in total. The average Bonchev–Trinajstić information content (AvgIpc) is 3.55. The summed E-state index contributed by atoms with van der Waals surface area (Å²) in [7, 11) is 0. The molecule has 4 heterocycles. The Morgan fingerprint density at radius 3 is 2.60 bits per heavy atom. The maximum atomic E-state index is 13.3. The first-order chi connectivity index (χ1) is 17.0. The van der Waals surface area contributed by atoms with Crippen LogP contribution >= 0.6 is 11.8 Å². The van der Waals surface area contributed by atoms with Crippen LogP contribution in [0.5, 0.6) is 0 Å². The lowest BCUT2D eigenvalue weighted by Gasteiger charge is -2.26. The first kappa shape index (κ1) is 23.2. The molecule has 1 aliphatic rings. The molecule has 9 heteroatoms. The molecule has 0 bridgehead atoms. The summed E-state index contributed by atoms with van der Waals surface area (Å²) < 4.78 is 7.33. The monoisotopic (exact) mass is 489 g/mol. The normalized spacial score (nSPS) is 14.0. The Labute approximate surface area is 207 Å². The van der Waals surface area contributed by atoms with E-state index in [-0.39, 0.29) is 17.9 Å². The van der Waals surface area contributed by atoms with E-state index in [1.54, 1.807) is 29.3 Å². The molecule has 5 rings (SSSR count). The maximum absolute atomic E-state index is 13.3. The fourth-order valence-corrected chi connectivity index (χ4v) is 5.04. The van der Waals surface area contributed by atoms with Gasteiger partial charge in [0.25, 0.3) is 5.91 Å². The topological polar surface area (TPSA) is 93.3 Å². The van der Waals surface area contributed by atoms with Crippen LogP contribution in [-0.4, -0.2) is 56.1 Å². The van der Waals surface area contributed by atoms with E-state index in [1.165, 1.54) is 0 Å². The Bertz CT molecular complexity index is 1340. The zero-order valence-electron chi connectivity index (χ0n) is 19.7. The van der Waals surface area contributed by atoms with Gasteiger partial charge in [0.15, 0.2) is 11.4 Å². The van der Waals surface area contributed by atoms with Gasteiger partial charge in [-0.3, -0.25) is 9.59 Å². The zero-order valence-corrected chi connectivity index (χ0v) is 20.5. The minimum absolute atomic E-state index is 0.0849. The number of aromatic nitrogens is 3. The highest BCUT2D eigenvalue weighted by Gasteiger charge is 2.20. The largest absolute Gasteiger partial charge is 0.463 e. The number of carbonyl (C=O) groups excluding carboxylic acids is 2. The number of furan rings is 1. The molecule has 0 saturated carbocycles. The van der Waals surface area contributed by atoms with E-state index in [0.717, 1.165) is 30.2 Å². The number of rotatable bonds is 6.